The molecule has 134 valence electrons. The van der Waals surface area contributed by atoms with Crippen molar-refractivity contribution in [1.29, 1.82) is 0 Å². The van der Waals surface area contributed by atoms with E-state index in [-0.39, 0.29) is 17.8 Å². The number of carbonyl (C=O) groups excluding carboxylic acids is 3. The van der Waals surface area contributed by atoms with E-state index in [4.69, 9.17) is 0 Å². The molecule has 1 atom stereocenters. The van der Waals surface area contributed by atoms with Crippen LogP contribution in [0.1, 0.15) is 16.8 Å². The largest absolute Gasteiger partial charge is 0.355 e. The zero-order valence-corrected chi connectivity index (χ0v) is 14.7. The summed E-state index contributed by atoms with van der Waals surface area (Å²) in [6.07, 6.45) is 0.336. The fourth-order valence-electron chi connectivity index (χ4n) is 3.62. The molecule has 0 saturated carbocycles. The highest BCUT2D eigenvalue weighted by molar-refractivity contribution is 5.94. The highest BCUT2D eigenvalue weighted by Gasteiger charge is 2.45. The Morgan fingerprint density at radius 2 is 1.72 bits per heavy atom. The molecule has 4 amide bonds. The van der Waals surface area contributed by atoms with Gasteiger partial charge < -0.3 is 20.0 Å². The van der Waals surface area contributed by atoms with Crippen LogP contribution in [0.5, 0.6) is 0 Å². The van der Waals surface area contributed by atoms with Gasteiger partial charge in [-0.05, 0) is 12.1 Å². The highest BCUT2D eigenvalue weighted by Crippen LogP contribution is 2.31. The highest BCUT2D eigenvalue weighted by atomic mass is 16.2. The van der Waals surface area contributed by atoms with E-state index in [2.05, 4.69) is 5.32 Å². The van der Waals surface area contributed by atoms with Gasteiger partial charge in [0.15, 0.2) is 0 Å². The predicted octanol–water partition coefficient (Wildman–Crippen LogP) is 0.632. The van der Waals surface area contributed by atoms with E-state index in [1.54, 1.807) is 36.0 Å². The maximum atomic E-state index is 12.9. The molecule has 2 heterocycles. The van der Waals surface area contributed by atoms with Crippen molar-refractivity contribution >= 4 is 17.8 Å². The molecule has 0 unspecified atom stereocenters. The van der Waals surface area contributed by atoms with Gasteiger partial charge in [0.2, 0.25) is 5.91 Å². The van der Waals surface area contributed by atoms with Crippen molar-refractivity contribution in [3.63, 3.8) is 0 Å². The second-order valence-electron chi connectivity index (χ2n) is 7.14. The molecule has 0 aliphatic carbocycles. The summed E-state index contributed by atoms with van der Waals surface area (Å²) in [4.78, 5) is 42.3. The molecule has 0 aromatic heterocycles. The zero-order chi connectivity index (χ0) is 18.0. The number of amides is 4. The molecule has 7 heteroatoms. The van der Waals surface area contributed by atoms with Crippen LogP contribution in [0.25, 0.3) is 0 Å². The van der Waals surface area contributed by atoms with Crippen LogP contribution in [-0.2, 0) is 4.79 Å². The van der Waals surface area contributed by atoms with E-state index in [1.807, 2.05) is 18.2 Å². The standard InChI is InChI=1S/C18H24N4O3/c1-20(2)17(25)22-9-8-21(16(24)14-6-4-3-5-7-14)12-18(13-22)10-15(23)19-11-18/h3-7H,8-13H2,1-2H3,(H,19,23)/t18-/m1/s1. The Morgan fingerprint density at radius 3 is 2.32 bits per heavy atom. The molecule has 2 saturated heterocycles. The lowest BCUT2D eigenvalue weighted by Gasteiger charge is -2.33. The normalized spacial score (nSPS) is 23.4. The van der Waals surface area contributed by atoms with Crippen LogP contribution in [0.2, 0.25) is 0 Å². The summed E-state index contributed by atoms with van der Waals surface area (Å²) in [6.45, 7) is 2.36. The molecular weight excluding hydrogens is 320 g/mol. The molecule has 2 aliphatic heterocycles. The molecule has 1 spiro atoms. The van der Waals surface area contributed by atoms with Gasteiger partial charge in [0.25, 0.3) is 5.91 Å². The number of carbonyl (C=O) groups is 3. The zero-order valence-electron chi connectivity index (χ0n) is 14.7. The van der Waals surface area contributed by atoms with Crippen LogP contribution in [-0.4, -0.2) is 79.4 Å². The summed E-state index contributed by atoms with van der Waals surface area (Å²) in [5.41, 5.74) is 0.200. The van der Waals surface area contributed by atoms with E-state index < -0.39 is 5.41 Å². The van der Waals surface area contributed by atoms with Crippen LogP contribution in [0.3, 0.4) is 0 Å². The number of rotatable bonds is 1. The van der Waals surface area contributed by atoms with Gasteiger partial charge >= 0.3 is 6.03 Å². The molecule has 0 radical (unpaired) electrons. The summed E-state index contributed by atoms with van der Waals surface area (Å²) in [5, 5.41) is 2.87. The molecule has 2 fully saturated rings. The third kappa shape index (κ3) is 3.60. The number of nitrogens with zero attached hydrogens (tertiary/aromatic N) is 3. The van der Waals surface area contributed by atoms with Crippen molar-refractivity contribution in [2.45, 2.75) is 6.42 Å². The summed E-state index contributed by atoms with van der Waals surface area (Å²) >= 11 is 0. The van der Waals surface area contributed by atoms with Gasteiger partial charge in [-0.15, -0.1) is 0 Å². The smallest absolute Gasteiger partial charge is 0.319 e. The van der Waals surface area contributed by atoms with Gasteiger partial charge in [-0.25, -0.2) is 4.79 Å². The van der Waals surface area contributed by atoms with Crippen molar-refractivity contribution in [3.05, 3.63) is 35.9 Å². The average molecular weight is 344 g/mol. The van der Waals surface area contributed by atoms with Crippen LogP contribution in [0.15, 0.2) is 30.3 Å². The predicted molar refractivity (Wildman–Crippen MR) is 93.1 cm³/mol. The maximum absolute atomic E-state index is 12.9. The van der Waals surface area contributed by atoms with E-state index in [1.165, 1.54) is 4.90 Å². The van der Waals surface area contributed by atoms with Crippen molar-refractivity contribution in [1.82, 2.24) is 20.0 Å². The van der Waals surface area contributed by atoms with Crippen molar-refractivity contribution < 1.29 is 14.4 Å². The summed E-state index contributed by atoms with van der Waals surface area (Å²) < 4.78 is 0. The Balaban J connectivity index is 1.86. The lowest BCUT2D eigenvalue weighted by atomic mass is 9.86. The van der Waals surface area contributed by atoms with E-state index in [0.717, 1.165) is 0 Å². The van der Waals surface area contributed by atoms with Crippen LogP contribution in [0.4, 0.5) is 4.79 Å². The van der Waals surface area contributed by atoms with Crippen molar-refractivity contribution in [3.8, 4) is 0 Å². The van der Waals surface area contributed by atoms with Crippen molar-refractivity contribution in [2.75, 3.05) is 46.8 Å². The molecule has 1 aromatic rings. The lowest BCUT2D eigenvalue weighted by Crippen LogP contribution is -2.47. The van der Waals surface area contributed by atoms with E-state index in [9.17, 15) is 14.4 Å². The van der Waals surface area contributed by atoms with Crippen LogP contribution >= 0.6 is 0 Å². The third-order valence-electron chi connectivity index (χ3n) is 4.85. The molecule has 25 heavy (non-hydrogen) atoms. The van der Waals surface area contributed by atoms with Gasteiger partial charge in [0.1, 0.15) is 0 Å². The Labute approximate surface area is 147 Å². The van der Waals surface area contributed by atoms with Gasteiger partial charge in [-0.2, -0.15) is 0 Å². The molecule has 7 nitrogen and oxygen atoms in total. The summed E-state index contributed by atoms with van der Waals surface area (Å²) in [7, 11) is 3.43. The monoisotopic (exact) mass is 344 g/mol. The summed E-state index contributed by atoms with van der Waals surface area (Å²) in [5.74, 6) is -0.0789. The van der Waals surface area contributed by atoms with Crippen LogP contribution < -0.4 is 5.32 Å². The number of urea groups is 1. The SMILES string of the molecule is CN(C)C(=O)N1CCN(C(=O)c2ccccc2)C[C@@]2(CNC(=O)C2)C1. The first kappa shape index (κ1) is 17.3. The molecule has 0 bridgehead atoms. The average Bonchev–Trinajstić information content (AvgIpc) is 2.86. The maximum Gasteiger partial charge on any atom is 0.319 e. The van der Waals surface area contributed by atoms with E-state index in [0.29, 0.717) is 44.7 Å². The second-order valence-corrected chi connectivity index (χ2v) is 7.14. The number of nitrogens with one attached hydrogen (secondary N) is 1. The Hall–Kier alpha value is -2.57. The molecule has 1 aromatic carbocycles. The molecular formula is C18H24N4O3. The fraction of sp³-hybridized carbons (Fsp3) is 0.500. The van der Waals surface area contributed by atoms with Crippen molar-refractivity contribution in [2.24, 2.45) is 5.41 Å². The minimum absolute atomic E-state index is 0.0220. The Morgan fingerprint density at radius 1 is 1.08 bits per heavy atom. The van der Waals surface area contributed by atoms with Crippen LogP contribution in [0, 0.1) is 5.41 Å². The quantitative estimate of drug-likeness (QED) is 0.812. The first-order chi connectivity index (χ1) is 11.9. The van der Waals surface area contributed by atoms with Gasteiger partial charge in [-0.1, -0.05) is 18.2 Å². The Kier molecular flexibility index (Phi) is 4.65. The molecule has 3 rings (SSSR count). The number of hydrogen-bond donors (Lipinski definition) is 1. The number of hydrogen-bond acceptors (Lipinski definition) is 3. The van der Waals surface area contributed by atoms with Gasteiger partial charge in [-0.3, -0.25) is 9.59 Å². The number of benzene rings is 1. The van der Waals surface area contributed by atoms with Gasteiger partial charge in [0.05, 0.1) is 0 Å². The Bertz CT molecular complexity index is 676. The first-order valence-electron chi connectivity index (χ1n) is 8.47. The molecule has 2 aliphatic rings. The molecule has 1 N–H and O–H groups in total. The summed E-state index contributed by atoms with van der Waals surface area (Å²) in [6, 6.07) is 9.04. The fourth-order valence-corrected chi connectivity index (χ4v) is 3.62. The lowest BCUT2D eigenvalue weighted by molar-refractivity contribution is -0.119. The van der Waals surface area contributed by atoms with Gasteiger partial charge in [0, 0.05) is 64.2 Å². The minimum Gasteiger partial charge on any atom is -0.355 e. The third-order valence-corrected chi connectivity index (χ3v) is 4.85. The second kappa shape index (κ2) is 6.74. The minimum atomic E-state index is -0.427. The first-order valence-corrected chi connectivity index (χ1v) is 8.47. The topological polar surface area (TPSA) is 73.0 Å². The van der Waals surface area contributed by atoms with E-state index >= 15 is 0 Å².